The number of hydrogen-bond acceptors (Lipinski definition) is 2. The molecule has 1 amide bonds. The summed E-state index contributed by atoms with van der Waals surface area (Å²) in [6, 6.07) is 0.224. The summed E-state index contributed by atoms with van der Waals surface area (Å²) in [5.41, 5.74) is 6.00. The topological polar surface area (TPSA) is 55.1 Å². The van der Waals surface area contributed by atoms with Crippen LogP contribution in [0.2, 0.25) is 0 Å². The lowest BCUT2D eigenvalue weighted by Crippen LogP contribution is -2.42. The van der Waals surface area contributed by atoms with E-state index in [1.54, 1.807) is 0 Å². The molecule has 0 saturated heterocycles. The van der Waals surface area contributed by atoms with Gasteiger partial charge in [-0.1, -0.05) is 39.5 Å². The number of hydrogen-bond donors (Lipinski definition) is 2. The first-order valence-corrected chi connectivity index (χ1v) is 8.59. The highest BCUT2D eigenvalue weighted by atomic mass is 16.1. The molecule has 116 valence electrons. The molecule has 0 radical (unpaired) electrons. The van der Waals surface area contributed by atoms with E-state index in [0.29, 0.717) is 5.92 Å². The van der Waals surface area contributed by atoms with Crippen molar-refractivity contribution in [2.45, 2.75) is 71.3 Å². The van der Waals surface area contributed by atoms with Crippen LogP contribution < -0.4 is 11.1 Å². The molecule has 0 heterocycles. The van der Waals surface area contributed by atoms with Crippen molar-refractivity contribution in [3.05, 3.63) is 0 Å². The molecule has 2 aliphatic rings. The second-order valence-corrected chi connectivity index (χ2v) is 7.36. The van der Waals surface area contributed by atoms with Crippen molar-refractivity contribution >= 4 is 5.91 Å². The van der Waals surface area contributed by atoms with Gasteiger partial charge in [-0.15, -0.1) is 0 Å². The average molecular weight is 280 g/mol. The van der Waals surface area contributed by atoms with Crippen molar-refractivity contribution in [2.24, 2.45) is 29.4 Å². The molecule has 0 bridgehead atoms. The van der Waals surface area contributed by atoms with Gasteiger partial charge in [0.05, 0.1) is 0 Å². The van der Waals surface area contributed by atoms with Crippen LogP contribution in [0.3, 0.4) is 0 Å². The Balaban J connectivity index is 1.67. The van der Waals surface area contributed by atoms with Crippen molar-refractivity contribution in [1.82, 2.24) is 5.32 Å². The number of carbonyl (C=O) groups excluding carboxylic acids is 1. The largest absolute Gasteiger partial charge is 0.356 e. The molecule has 0 aromatic heterocycles. The molecule has 3 nitrogen and oxygen atoms in total. The molecule has 2 rings (SSSR count). The lowest BCUT2D eigenvalue weighted by molar-refractivity contribution is -0.127. The predicted octanol–water partition coefficient (Wildman–Crippen LogP) is 3.08. The first-order valence-electron chi connectivity index (χ1n) is 8.59. The quantitative estimate of drug-likeness (QED) is 0.831. The van der Waals surface area contributed by atoms with E-state index in [0.717, 1.165) is 44.1 Å². The van der Waals surface area contributed by atoms with Crippen LogP contribution in [0.1, 0.15) is 65.2 Å². The second-order valence-electron chi connectivity index (χ2n) is 7.36. The second kappa shape index (κ2) is 7.44. The third kappa shape index (κ3) is 4.47. The molecule has 3 unspecified atom stereocenters. The zero-order valence-corrected chi connectivity index (χ0v) is 13.2. The Morgan fingerprint density at radius 1 is 1.10 bits per heavy atom. The summed E-state index contributed by atoms with van der Waals surface area (Å²) in [6.07, 6.45) is 9.63. The van der Waals surface area contributed by atoms with Crippen molar-refractivity contribution in [3.63, 3.8) is 0 Å². The summed E-state index contributed by atoms with van der Waals surface area (Å²) >= 11 is 0. The molecule has 2 fully saturated rings. The molecule has 3 N–H and O–H groups in total. The zero-order valence-electron chi connectivity index (χ0n) is 13.2. The zero-order chi connectivity index (χ0) is 14.5. The molecule has 3 heteroatoms. The van der Waals surface area contributed by atoms with E-state index in [2.05, 4.69) is 19.2 Å². The Kier molecular flexibility index (Phi) is 5.88. The SMILES string of the molecule is CC1CCC(CCNC(=O)C2CC(N)CCC2C)CC1. The minimum Gasteiger partial charge on any atom is -0.356 e. The van der Waals surface area contributed by atoms with Crippen LogP contribution >= 0.6 is 0 Å². The van der Waals surface area contributed by atoms with Gasteiger partial charge in [-0.3, -0.25) is 4.79 Å². The molecule has 3 atom stereocenters. The van der Waals surface area contributed by atoms with Gasteiger partial charge >= 0.3 is 0 Å². The summed E-state index contributed by atoms with van der Waals surface area (Å²) in [5, 5.41) is 3.17. The van der Waals surface area contributed by atoms with E-state index >= 15 is 0 Å². The van der Waals surface area contributed by atoms with E-state index in [-0.39, 0.29) is 17.9 Å². The molecule has 2 saturated carbocycles. The molecule has 2 aliphatic carbocycles. The third-order valence-corrected chi connectivity index (χ3v) is 5.56. The predicted molar refractivity (Wildman–Crippen MR) is 83.2 cm³/mol. The van der Waals surface area contributed by atoms with Crippen LogP contribution in [-0.2, 0) is 4.79 Å². The van der Waals surface area contributed by atoms with Gasteiger partial charge in [0.25, 0.3) is 0 Å². The maximum Gasteiger partial charge on any atom is 0.223 e. The van der Waals surface area contributed by atoms with E-state index in [4.69, 9.17) is 5.73 Å². The monoisotopic (exact) mass is 280 g/mol. The Bertz CT molecular complexity index is 310. The molecular formula is C17H32N2O. The fraction of sp³-hybridized carbons (Fsp3) is 0.941. The van der Waals surface area contributed by atoms with Crippen molar-refractivity contribution < 1.29 is 4.79 Å². The van der Waals surface area contributed by atoms with Gasteiger partial charge in [0.15, 0.2) is 0 Å². The molecule has 0 aromatic carbocycles. The van der Waals surface area contributed by atoms with Gasteiger partial charge in [0, 0.05) is 18.5 Å². The van der Waals surface area contributed by atoms with Gasteiger partial charge < -0.3 is 11.1 Å². The first kappa shape index (κ1) is 15.8. The van der Waals surface area contributed by atoms with Crippen LogP contribution in [0.4, 0.5) is 0 Å². The van der Waals surface area contributed by atoms with Crippen LogP contribution in [0, 0.1) is 23.7 Å². The van der Waals surface area contributed by atoms with Crippen molar-refractivity contribution in [1.29, 1.82) is 0 Å². The van der Waals surface area contributed by atoms with Gasteiger partial charge in [-0.05, 0) is 43.4 Å². The lowest BCUT2D eigenvalue weighted by atomic mass is 9.77. The smallest absolute Gasteiger partial charge is 0.223 e. The maximum atomic E-state index is 12.3. The van der Waals surface area contributed by atoms with Crippen LogP contribution in [0.15, 0.2) is 0 Å². The Labute approximate surface area is 124 Å². The highest BCUT2D eigenvalue weighted by molar-refractivity contribution is 5.79. The van der Waals surface area contributed by atoms with Crippen LogP contribution in [0.25, 0.3) is 0 Å². The van der Waals surface area contributed by atoms with Gasteiger partial charge in [0.1, 0.15) is 0 Å². The minimum atomic E-state index is 0.144. The fourth-order valence-corrected chi connectivity index (χ4v) is 3.87. The number of rotatable bonds is 4. The van der Waals surface area contributed by atoms with E-state index in [1.807, 2.05) is 0 Å². The molecule has 20 heavy (non-hydrogen) atoms. The summed E-state index contributed by atoms with van der Waals surface area (Å²) in [5.74, 6) is 2.62. The number of nitrogens with two attached hydrogens (primary N) is 1. The van der Waals surface area contributed by atoms with E-state index in [9.17, 15) is 4.79 Å². The summed E-state index contributed by atoms with van der Waals surface area (Å²) in [6.45, 7) is 5.40. The van der Waals surface area contributed by atoms with Gasteiger partial charge in [0.2, 0.25) is 5.91 Å². The van der Waals surface area contributed by atoms with Crippen molar-refractivity contribution in [3.8, 4) is 0 Å². The minimum absolute atomic E-state index is 0.144. The van der Waals surface area contributed by atoms with E-state index in [1.165, 1.54) is 25.7 Å². The number of nitrogens with one attached hydrogen (secondary N) is 1. The number of carbonyl (C=O) groups is 1. The lowest BCUT2D eigenvalue weighted by Gasteiger charge is -2.32. The summed E-state index contributed by atoms with van der Waals surface area (Å²) in [4.78, 5) is 12.3. The van der Waals surface area contributed by atoms with Gasteiger partial charge in [-0.25, -0.2) is 0 Å². The summed E-state index contributed by atoms with van der Waals surface area (Å²) in [7, 11) is 0. The molecule has 0 aliphatic heterocycles. The highest BCUT2D eigenvalue weighted by Crippen LogP contribution is 2.31. The maximum absolute atomic E-state index is 12.3. The first-order chi connectivity index (χ1) is 9.56. The fourth-order valence-electron chi connectivity index (χ4n) is 3.87. The normalized spacial score (nSPS) is 38.5. The average Bonchev–Trinajstić information content (AvgIpc) is 2.43. The Morgan fingerprint density at radius 2 is 1.80 bits per heavy atom. The Morgan fingerprint density at radius 3 is 2.50 bits per heavy atom. The standard InChI is InChI=1S/C17H32N2O/c1-12-3-6-14(7-4-12)9-10-19-17(20)16-11-15(18)8-5-13(16)2/h12-16H,3-11,18H2,1-2H3,(H,19,20). The van der Waals surface area contributed by atoms with Gasteiger partial charge in [-0.2, -0.15) is 0 Å². The molecular weight excluding hydrogens is 248 g/mol. The molecule has 0 aromatic rings. The van der Waals surface area contributed by atoms with Crippen LogP contribution in [-0.4, -0.2) is 18.5 Å². The molecule has 0 spiro atoms. The Hall–Kier alpha value is -0.570. The van der Waals surface area contributed by atoms with Crippen molar-refractivity contribution in [2.75, 3.05) is 6.54 Å². The highest BCUT2D eigenvalue weighted by Gasteiger charge is 2.31. The van der Waals surface area contributed by atoms with Crippen LogP contribution in [0.5, 0.6) is 0 Å². The third-order valence-electron chi connectivity index (χ3n) is 5.56. The van der Waals surface area contributed by atoms with E-state index < -0.39 is 0 Å². The summed E-state index contributed by atoms with van der Waals surface area (Å²) < 4.78 is 0. The number of amides is 1.